The van der Waals surface area contributed by atoms with E-state index in [1.54, 1.807) is 0 Å². The number of rotatable bonds is 3. The molecule has 1 aliphatic heterocycles. The lowest BCUT2D eigenvalue weighted by Crippen LogP contribution is -2.35. The van der Waals surface area contributed by atoms with Crippen LogP contribution in [0, 0.1) is 5.82 Å². The quantitative estimate of drug-likeness (QED) is 0.863. The number of hydrogen-bond donors (Lipinski definition) is 2. The van der Waals surface area contributed by atoms with Crippen molar-refractivity contribution in [3.05, 3.63) is 24.0 Å². The van der Waals surface area contributed by atoms with E-state index in [9.17, 15) is 12.8 Å². The number of primary sulfonamides is 1. The molecule has 0 aliphatic carbocycles. The van der Waals surface area contributed by atoms with Crippen molar-refractivity contribution in [2.24, 2.45) is 5.14 Å². The normalized spacial score (nSPS) is 24.2. The predicted molar refractivity (Wildman–Crippen MR) is 65.2 cm³/mol. The largest absolute Gasteiger partial charge is 0.379 e. The molecule has 1 aromatic rings. The lowest BCUT2D eigenvalue weighted by atomic mass is 10.0. The average Bonchev–Trinajstić information content (AvgIpc) is 2.67. The van der Waals surface area contributed by atoms with Crippen LogP contribution in [0.25, 0.3) is 0 Å². The van der Waals surface area contributed by atoms with Gasteiger partial charge in [0, 0.05) is 6.61 Å². The summed E-state index contributed by atoms with van der Waals surface area (Å²) in [6.07, 6.45) is 0.767. The number of hydrogen-bond acceptors (Lipinski definition) is 4. The number of sulfonamides is 1. The summed E-state index contributed by atoms with van der Waals surface area (Å²) >= 11 is 0. The molecule has 7 heteroatoms. The maximum atomic E-state index is 13.8. The molecule has 18 heavy (non-hydrogen) atoms. The summed E-state index contributed by atoms with van der Waals surface area (Å²) in [7, 11) is -3.88. The summed E-state index contributed by atoms with van der Waals surface area (Å²) < 4.78 is 41.2. The van der Waals surface area contributed by atoms with Crippen LogP contribution in [0.4, 0.5) is 10.1 Å². The summed E-state index contributed by atoms with van der Waals surface area (Å²) in [5, 5.41) is 7.96. The Balaban J connectivity index is 2.25. The number of nitrogens with two attached hydrogens (primary N) is 1. The number of nitrogens with one attached hydrogen (secondary N) is 1. The first-order valence-electron chi connectivity index (χ1n) is 5.48. The van der Waals surface area contributed by atoms with Gasteiger partial charge in [0.1, 0.15) is 5.82 Å². The number of halogens is 1. The zero-order valence-electron chi connectivity index (χ0n) is 9.94. The lowest BCUT2D eigenvalue weighted by Gasteiger charge is -2.25. The highest BCUT2D eigenvalue weighted by Gasteiger charge is 2.30. The maximum absolute atomic E-state index is 13.8. The number of ether oxygens (including phenoxy) is 1. The van der Waals surface area contributed by atoms with Crippen LogP contribution in [0.2, 0.25) is 0 Å². The van der Waals surface area contributed by atoms with Crippen molar-refractivity contribution in [3.8, 4) is 0 Å². The van der Waals surface area contributed by atoms with Gasteiger partial charge in [-0.2, -0.15) is 0 Å². The molecule has 0 spiro atoms. The third-order valence-electron chi connectivity index (χ3n) is 2.92. The van der Waals surface area contributed by atoms with Crippen LogP contribution in [0.3, 0.4) is 0 Å². The molecule has 0 bridgehead atoms. The fraction of sp³-hybridized carbons (Fsp3) is 0.455. The van der Waals surface area contributed by atoms with Gasteiger partial charge in [-0.15, -0.1) is 0 Å². The van der Waals surface area contributed by atoms with Crippen LogP contribution < -0.4 is 10.5 Å². The highest BCUT2D eigenvalue weighted by molar-refractivity contribution is 7.89. The molecule has 3 N–H and O–H groups in total. The Kier molecular flexibility index (Phi) is 3.31. The van der Waals surface area contributed by atoms with Crippen LogP contribution in [0.1, 0.15) is 13.3 Å². The van der Waals surface area contributed by atoms with Gasteiger partial charge in [-0.3, -0.25) is 0 Å². The summed E-state index contributed by atoms with van der Waals surface area (Å²) in [6, 6.07) is 3.56. The SMILES string of the molecule is CC1(Nc2ccc(S(N)(=O)=O)cc2F)CCOC1. The minimum absolute atomic E-state index is 0.238. The molecule has 1 aliphatic rings. The van der Waals surface area contributed by atoms with Crippen molar-refractivity contribution >= 4 is 15.7 Å². The van der Waals surface area contributed by atoms with E-state index in [4.69, 9.17) is 9.88 Å². The molecule has 1 saturated heterocycles. The van der Waals surface area contributed by atoms with Crippen LogP contribution in [0.5, 0.6) is 0 Å². The van der Waals surface area contributed by atoms with E-state index < -0.39 is 15.8 Å². The molecule has 0 radical (unpaired) electrons. The van der Waals surface area contributed by atoms with Crippen molar-refractivity contribution in [1.82, 2.24) is 0 Å². The van der Waals surface area contributed by atoms with Gasteiger partial charge in [-0.1, -0.05) is 0 Å². The van der Waals surface area contributed by atoms with Crippen molar-refractivity contribution < 1.29 is 17.5 Å². The van der Waals surface area contributed by atoms with E-state index in [1.165, 1.54) is 12.1 Å². The summed E-state index contributed by atoms with van der Waals surface area (Å²) in [6.45, 7) is 3.04. The summed E-state index contributed by atoms with van der Waals surface area (Å²) in [5.41, 5.74) is -0.0837. The van der Waals surface area contributed by atoms with E-state index >= 15 is 0 Å². The Morgan fingerprint density at radius 1 is 1.50 bits per heavy atom. The minimum Gasteiger partial charge on any atom is -0.379 e. The van der Waals surface area contributed by atoms with Gasteiger partial charge in [0.05, 0.1) is 22.7 Å². The minimum atomic E-state index is -3.88. The first kappa shape index (κ1) is 13.3. The highest BCUT2D eigenvalue weighted by atomic mass is 32.2. The van der Waals surface area contributed by atoms with Crippen LogP contribution in [-0.2, 0) is 14.8 Å². The monoisotopic (exact) mass is 274 g/mol. The molecule has 1 fully saturated rings. The molecule has 1 unspecified atom stereocenters. The molecule has 2 rings (SSSR count). The Morgan fingerprint density at radius 2 is 2.22 bits per heavy atom. The number of anilines is 1. The van der Waals surface area contributed by atoms with E-state index in [-0.39, 0.29) is 16.1 Å². The molecular formula is C11H15FN2O3S. The highest BCUT2D eigenvalue weighted by Crippen LogP contribution is 2.26. The fourth-order valence-corrected chi connectivity index (χ4v) is 2.39. The fourth-order valence-electron chi connectivity index (χ4n) is 1.86. The molecule has 1 aromatic carbocycles. The van der Waals surface area contributed by atoms with E-state index in [1.807, 2.05) is 6.92 Å². The zero-order valence-corrected chi connectivity index (χ0v) is 10.8. The van der Waals surface area contributed by atoms with Crippen molar-refractivity contribution in [2.75, 3.05) is 18.5 Å². The van der Waals surface area contributed by atoms with Gasteiger partial charge >= 0.3 is 0 Å². The first-order chi connectivity index (χ1) is 8.30. The molecule has 0 aromatic heterocycles. The van der Waals surface area contributed by atoms with Gasteiger partial charge in [0.2, 0.25) is 10.0 Å². The second kappa shape index (κ2) is 4.49. The van der Waals surface area contributed by atoms with Crippen molar-refractivity contribution in [1.29, 1.82) is 0 Å². The molecule has 0 saturated carbocycles. The Hall–Kier alpha value is -1.18. The third-order valence-corrected chi connectivity index (χ3v) is 3.84. The second-order valence-electron chi connectivity index (χ2n) is 4.67. The molecule has 0 amide bonds. The van der Waals surface area contributed by atoms with E-state index in [0.29, 0.717) is 13.2 Å². The Morgan fingerprint density at radius 3 is 2.72 bits per heavy atom. The zero-order chi connectivity index (χ0) is 13.4. The van der Waals surface area contributed by atoms with Crippen molar-refractivity contribution in [2.45, 2.75) is 23.8 Å². The lowest BCUT2D eigenvalue weighted by molar-refractivity contribution is 0.185. The van der Waals surface area contributed by atoms with E-state index in [2.05, 4.69) is 5.32 Å². The average molecular weight is 274 g/mol. The second-order valence-corrected chi connectivity index (χ2v) is 6.24. The topological polar surface area (TPSA) is 81.4 Å². The van der Waals surface area contributed by atoms with Gasteiger partial charge < -0.3 is 10.1 Å². The molecule has 100 valence electrons. The number of benzene rings is 1. The Labute approximate surface area is 105 Å². The van der Waals surface area contributed by atoms with Gasteiger partial charge in [-0.25, -0.2) is 17.9 Å². The predicted octanol–water partition coefficient (Wildman–Crippen LogP) is 1.06. The van der Waals surface area contributed by atoms with Crippen LogP contribution >= 0.6 is 0 Å². The third kappa shape index (κ3) is 2.80. The Bertz CT molecular complexity index is 553. The van der Waals surface area contributed by atoms with E-state index in [0.717, 1.165) is 12.5 Å². The van der Waals surface area contributed by atoms with Crippen LogP contribution in [0.15, 0.2) is 23.1 Å². The summed E-state index contributed by atoms with van der Waals surface area (Å²) in [5.74, 6) is -0.644. The van der Waals surface area contributed by atoms with Gasteiger partial charge in [0.15, 0.2) is 0 Å². The smallest absolute Gasteiger partial charge is 0.238 e. The molecule has 1 atom stereocenters. The first-order valence-corrected chi connectivity index (χ1v) is 7.03. The molecule has 5 nitrogen and oxygen atoms in total. The van der Waals surface area contributed by atoms with Gasteiger partial charge in [-0.05, 0) is 31.5 Å². The van der Waals surface area contributed by atoms with Crippen LogP contribution in [-0.4, -0.2) is 27.2 Å². The maximum Gasteiger partial charge on any atom is 0.238 e. The molecule has 1 heterocycles. The molecular weight excluding hydrogens is 259 g/mol. The van der Waals surface area contributed by atoms with Gasteiger partial charge in [0.25, 0.3) is 0 Å². The summed E-state index contributed by atoms with van der Waals surface area (Å²) in [4.78, 5) is -0.238. The standard InChI is InChI=1S/C11H15FN2O3S/c1-11(4-5-17-7-11)14-10-3-2-8(6-9(10)12)18(13,15)16/h2-3,6,14H,4-5,7H2,1H3,(H2,13,15,16). The van der Waals surface area contributed by atoms with Crippen molar-refractivity contribution in [3.63, 3.8) is 0 Å².